The summed E-state index contributed by atoms with van der Waals surface area (Å²) in [4.78, 5) is 55.9. The number of nitrogens with zero attached hydrogens (tertiary/aromatic N) is 2. The van der Waals surface area contributed by atoms with Gasteiger partial charge in [0.05, 0.1) is 47.5 Å². The van der Waals surface area contributed by atoms with Crippen LogP contribution < -0.4 is 22.3 Å². The maximum atomic E-state index is 15.1. The van der Waals surface area contributed by atoms with Gasteiger partial charge in [-0.15, -0.1) is 0 Å². The minimum Gasteiger partial charge on any atom is -0.458 e. The molecule has 6 rings (SSSR count). The molecule has 0 spiro atoms. The van der Waals surface area contributed by atoms with Crippen LogP contribution in [0.2, 0.25) is 0 Å². The van der Waals surface area contributed by atoms with Crippen molar-refractivity contribution in [1.29, 1.82) is 0 Å². The molecule has 11 nitrogen and oxygen atoms in total. The number of pyridine rings is 2. The molecule has 1 aliphatic carbocycles. The van der Waals surface area contributed by atoms with Crippen LogP contribution in [0.4, 0.5) is 4.39 Å². The summed E-state index contributed by atoms with van der Waals surface area (Å²) in [6.07, 6.45) is 0.867. The molecule has 12 heteroatoms. The molecule has 0 radical (unpaired) electrons. The summed E-state index contributed by atoms with van der Waals surface area (Å²) in [5, 5.41) is 3.69. The molecule has 0 saturated carbocycles. The summed E-state index contributed by atoms with van der Waals surface area (Å²) < 4.78 is 27.7. The first kappa shape index (κ1) is 27.0. The first-order valence-corrected chi connectivity index (χ1v) is 13.5. The van der Waals surface area contributed by atoms with E-state index in [1.807, 2.05) is 0 Å². The smallest absolute Gasteiger partial charge is 0.343 e. The standard InChI is InChI=1S/C29H30FN5O6/c1-4-29(40-3)16-7-21-25-14(10-35(21)27(38)15(16)11-41-28(29)39)24-19(34-26(37)18(31)9-22(32)36)6-5-13-12(2)17(30)8-20(33-25)23(13)24/h7-8,18-19H,4-6,9-11,31H2,1-3H3,(H2,32,36)(H,34,37). The second-order valence-electron chi connectivity index (χ2n) is 10.9. The van der Waals surface area contributed by atoms with Gasteiger partial charge < -0.3 is 30.8 Å². The first-order chi connectivity index (χ1) is 19.5. The van der Waals surface area contributed by atoms with Crippen molar-refractivity contribution in [2.45, 2.75) is 70.4 Å². The molecule has 2 aromatic heterocycles. The molecule has 214 valence electrons. The molecule has 3 unspecified atom stereocenters. The fourth-order valence-electron chi connectivity index (χ4n) is 6.61. The van der Waals surface area contributed by atoms with Gasteiger partial charge in [-0.05, 0) is 48.9 Å². The van der Waals surface area contributed by atoms with Crippen LogP contribution in [0.1, 0.15) is 65.6 Å². The van der Waals surface area contributed by atoms with E-state index in [1.54, 1.807) is 24.5 Å². The number of primary amides is 1. The fraction of sp³-hybridized carbons (Fsp3) is 0.414. The number of nitrogens with one attached hydrogen (secondary N) is 1. The van der Waals surface area contributed by atoms with Crippen LogP contribution in [0.5, 0.6) is 0 Å². The van der Waals surface area contributed by atoms with Gasteiger partial charge in [0.1, 0.15) is 12.4 Å². The summed E-state index contributed by atoms with van der Waals surface area (Å²) in [5.41, 5.74) is 14.2. The molecule has 5 N–H and O–H groups in total. The number of halogens is 1. The highest BCUT2D eigenvalue weighted by atomic mass is 19.1. The number of amides is 2. The average molecular weight is 564 g/mol. The minimum absolute atomic E-state index is 0.157. The van der Waals surface area contributed by atoms with Crippen LogP contribution in [-0.2, 0) is 49.0 Å². The number of carbonyl (C=O) groups excluding carboxylic acids is 3. The van der Waals surface area contributed by atoms with Gasteiger partial charge in [-0.1, -0.05) is 6.92 Å². The number of cyclic esters (lactones) is 1. The van der Waals surface area contributed by atoms with Crippen LogP contribution in [-0.4, -0.2) is 40.5 Å². The normalized spacial score (nSPS) is 21.1. The Hall–Kier alpha value is -4.16. The molecule has 3 aromatic rings. The fourth-order valence-corrected chi connectivity index (χ4v) is 6.61. The number of carbonyl (C=O) groups is 3. The Labute approximate surface area is 234 Å². The largest absolute Gasteiger partial charge is 0.458 e. The molecular formula is C29H30FN5O6. The molecular weight excluding hydrogens is 533 g/mol. The van der Waals surface area contributed by atoms with Gasteiger partial charge in [0.15, 0.2) is 5.60 Å². The van der Waals surface area contributed by atoms with Crippen LogP contribution in [0.25, 0.3) is 22.3 Å². The number of nitrogens with two attached hydrogens (primary N) is 2. The maximum absolute atomic E-state index is 15.1. The molecule has 1 aromatic carbocycles. The number of esters is 1. The van der Waals surface area contributed by atoms with Gasteiger partial charge in [-0.3, -0.25) is 14.4 Å². The van der Waals surface area contributed by atoms with Crippen molar-refractivity contribution >= 4 is 28.7 Å². The Balaban J connectivity index is 1.58. The van der Waals surface area contributed by atoms with E-state index in [0.717, 1.165) is 16.5 Å². The van der Waals surface area contributed by atoms with Crippen molar-refractivity contribution in [3.63, 3.8) is 0 Å². The highest BCUT2D eigenvalue weighted by Gasteiger charge is 2.47. The van der Waals surface area contributed by atoms with Crippen molar-refractivity contribution in [3.8, 4) is 11.4 Å². The highest BCUT2D eigenvalue weighted by molar-refractivity contribution is 5.94. The Bertz CT molecular complexity index is 1740. The molecule has 41 heavy (non-hydrogen) atoms. The van der Waals surface area contributed by atoms with E-state index >= 15 is 4.39 Å². The molecule has 2 amide bonds. The molecule has 4 heterocycles. The lowest BCUT2D eigenvalue weighted by molar-refractivity contribution is -0.176. The molecule has 0 bridgehead atoms. The lowest BCUT2D eigenvalue weighted by Gasteiger charge is -2.35. The number of hydrogen-bond donors (Lipinski definition) is 3. The molecule has 2 aliphatic heterocycles. The number of fused-ring (bicyclic) bond motifs is 5. The predicted octanol–water partition coefficient (Wildman–Crippen LogP) is 1.49. The van der Waals surface area contributed by atoms with Crippen LogP contribution in [0.15, 0.2) is 16.9 Å². The SMILES string of the molecule is CCC1(OC)C(=O)OCc2c1cc1n(c2=O)Cc2c-1nc1cc(F)c(C)c3c1c2C(NC(=O)C(N)CC(N)=O)CC3. The molecule has 0 saturated heterocycles. The van der Waals surface area contributed by atoms with E-state index in [2.05, 4.69) is 5.32 Å². The summed E-state index contributed by atoms with van der Waals surface area (Å²) >= 11 is 0. The van der Waals surface area contributed by atoms with Crippen molar-refractivity contribution < 1.29 is 28.2 Å². The number of aromatic nitrogens is 2. The van der Waals surface area contributed by atoms with E-state index in [0.29, 0.717) is 52.0 Å². The van der Waals surface area contributed by atoms with Gasteiger partial charge >= 0.3 is 5.97 Å². The summed E-state index contributed by atoms with van der Waals surface area (Å²) in [7, 11) is 1.40. The molecule has 3 aliphatic rings. The van der Waals surface area contributed by atoms with Gasteiger partial charge in [0.25, 0.3) is 5.56 Å². The van der Waals surface area contributed by atoms with Crippen molar-refractivity contribution in [1.82, 2.24) is 14.9 Å². The summed E-state index contributed by atoms with van der Waals surface area (Å²) in [5.74, 6) is -2.21. The van der Waals surface area contributed by atoms with Crippen molar-refractivity contribution in [3.05, 3.63) is 61.7 Å². The quantitative estimate of drug-likeness (QED) is 0.297. The van der Waals surface area contributed by atoms with Crippen LogP contribution in [0.3, 0.4) is 0 Å². The highest BCUT2D eigenvalue weighted by Crippen LogP contribution is 2.46. The van der Waals surface area contributed by atoms with E-state index in [4.69, 9.17) is 25.9 Å². The lowest BCUT2D eigenvalue weighted by atomic mass is 9.81. The zero-order chi connectivity index (χ0) is 29.4. The number of rotatable bonds is 6. The van der Waals surface area contributed by atoms with Crippen LogP contribution >= 0.6 is 0 Å². The van der Waals surface area contributed by atoms with Gasteiger partial charge in [-0.25, -0.2) is 14.2 Å². The van der Waals surface area contributed by atoms with E-state index in [9.17, 15) is 19.2 Å². The zero-order valence-corrected chi connectivity index (χ0v) is 22.9. The maximum Gasteiger partial charge on any atom is 0.343 e. The second-order valence-corrected chi connectivity index (χ2v) is 10.9. The third kappa shape index (κ3) is 3.81. The molecule has 3 atom stereocenters. The van der Waals surface area contributed by atoms with E-state index in [-0.39, 0.29) is 31.6 Å². The number of methoxy groups -OCH3 is 1. The third-order valence-corrected chi connectivity index (χ3v) is 8.77. The lowest BCUT2D eigenvalue weighted by Crippen LogP contribution is -2.45. The number of hydrogen-bond acceptors (Lipinski definition) is 8. The monoisotopic (exact) mass is 563 g/mol. The Morgan fingerprint density at radius 3 is 2.73 bits per heavy atom. The van der Waals surface area contributed by atoms with Gasteiger partial charge in [0, 0.05) is 29.7 Å². The first-order valence-electron chi connectivity index (χ1n) is 13.5. The Morgan fingerprint density at radius 2 is 2.05 bits per heavy atom. The summed E-state index contributed by atoms with van der Waals surface area (Å²) in [6.45, 7) is 3.46. The molecule has 0 fully saturated rings. The van der Waals surface area contributed by atoms with E-state index < -0.39 is 41.3 Å². The van der Waals surface area contributed by atoms with Gasteiger partial charge in [0.2, 0.25) is 11.8 Å². The Kier molecular flexibility index (Phi) is 6.23. The zero-order valence-electron chi connectivity index (χ0n) is 22.9. The van der Waals surface area contributed by atoms with Crippen molar-refractivity contribution in [2.75, 3.05) is 7.11 Å². The number of ether oxygens (including phenoxy) is 2. The number of benzene rings is 1. The predicted molar refractivity (Wildman–Crippen MR) is 145 cm³/mol. The Morgan fingerprint density at radius 1 is 1.29 bits per heavy atom. The van der Waals surface area contributed by atoms with E-state index in [1.165, 1.54) is 13.2 Å². The van der Waals surface area contributed by atoms with Gasteiger partial charge in [-0.2, -0.15) is 0 Å². The topological polar surface area (TPSA) is 169 Å². The second kappa shape index (κ2) is 9.45. The third-order valence-electron chi connectivity index (χ3n) is 8.77. The number of aryl methyl sites for hydroxylation is 1. The average Bonchev–Trinajstić information content (AvgIpc) is 3.30. The van der Waals surface area contributed by atoms with Crippen LogP contribution in [0, 0.1) is 12.7 Å². The minimum atomic E-state index is -1.44. The van der Waals surface area contributed by atoms with Crippen molar-refractivity contribution in [2.24, 2.45) is 11.5 Å². The summed E-state index contributed by atoms with van der Waals surface area (Å²) in [6, 6.07) is 1.45.